The van der Waals surface area contributed by atoms with E-state index >= 15 is 0 Å². The van der Waals surface area contributed by atoms with E-state index in [2.05, 4.69) is 16.8 Å². The van der Waals surface area contributed by atoms with Gasteiger partial charge in [0.2, 0.25) is 5.91 Å². The molecule has 1 unspecified atom stereocenters. The molecule has 2 aromatic carbocycles. The van der Waals surface area contributed by atoms with Gasteiger partial charge in [-0.1, -0.05) is 48.3 Å². The van der Waals surface area contributed by atoms with Crippen LogP contribution in [0.15, 0.2) is 42.5 Å². The number of amides is 1. The van der Waals surface area contributed by atoms with E-state index in [-0.39, 0.29) is 11.9 Å². The summed E-state index contributed by atoms with van der Waals surface area (Å²) in [6.07, 6.45) is 1.82. The van der Waals surface area contributed by atoms with E-state index in [1.165, 1.54) is 0 Å². The van der Waals surface area contributed by atoms with Crippen LogP contribution in [-0.4, -0.2) is 21.5 Å². The van der Waals surface area contributed by atoms with Crippen molar-refractivity contribution in [1.82, 2.24) is 14.9 Å². The maximum absolute atomic E-state index is 12.2. The number of para-hydroxylation sites is 2. The fourth-order valence-electron chi connectivity index (χ4n) is 3.03. The molecule has 27 heavy (non-hydrogen) atoms. The zero-order valence-electron chi connectivity index (χ0n) is 15.5. The average Bonchev–Trinajstić information content (AvgIpc) is 3.00. The van der Waals surface area contributed by atoms with Gasteiger partial charge in [-0.15, -0.1) is 0 Å². The van der Waals surface area contributed by atoms with Crippen LogP contribution in [0.5, 0.6) is 0 Å². The first-order chi connectivity index (χ1) is 13.0. The number of carbonyl (C=O) groups excluding carboxylic acids is 1. The number of rotatable bonds is 7. The first-order valence-corrected chi connectivity index (χ1v) is 9.91. The van der Waals surface area contributed by atoms with Gasteiger partial charge in [0.1, 0.15) is 5.82 Å². The van der Waals surface area contributed by atoms with E-state index < -0.39 is 0 Å². The maximum atomic E-state index is 12.2. The first kappa shape index (κ1) is 19.7. The SMILES string of the molecule is CCC(C)NC(=O)CCn1c(Cc2c(Cl)cccc2Cl)nc2ccccc21. The lowest BCUT2D eigenvalue weighted by Gasteiger charge is -2.13. The number of nitrogens with one attached hydrogen (secondary N) is 1. The minimum absolute atomic E-state index is 0.0452. The number of aromatic nitrogens is 2. The topological polar surface area (TPSA) is 46.9 Å². The van der Waals surface area contributed by atoms with Crippen LogP contribution in [0.25, 0.3) is 11.0 Å². The third kappa shape index (κ3) is 4.63. The van der Waals surface area contributed by atoms with Gasteiger partial charge < -0.3 is 9.88 Å². The second-order valence-electron chi connectivity index (χ2n) is 6.67. The van der Waals surface area contributed by atoms with Crippen LogP contribution in [-0.2, 0) is 17.8 Å². The van der Waals surface area contributed by atoms with E-state index in [0.29, 0.717) is 29.4 Å². The second kappa shape index (κ2) is 8.77. The number of halogens is 2. The van der Waals surface area contributed by atoms with E-state index in [0.717, 1.165) is 28.8 Å². The van der Waals surface area contributed by atoms with Gasteiger partial charge in [-0.2, -0.15) is 0 Å². The Balaban J connectivity index is 1.89. The van der Waals surface area contributed by atoms with Gasteiger partial charge >= 0.3 is 0 Å². The number of imidazole rings is 1. The fraction of sp³-hybridized carbons (Fsp3) is 0.333. The summed E-state index contributed by atoms with van der Waals surface area (Å²) in [5.74, 6) is 0.895. The summed E-state index contributed by atoms with van der Waals surface area (Å²) in [4.78, 5) is 17.0. The largest absolute Gasteiger partial charge is 0.354 e. The van der Waals surface area contributed by atoms with Crippen LogP contribution in [0.4, 0.5) is 0 Å². The van der Waals surface area contributed by atoms with Gasteiger partial charge in [0.15, 0.2) is 0 Å². The molecule has 6 heteroatoms. The average molecular weight is 404 g/mol. The summed E-state index contributed by atoms with van der Waals surface area (Å²) in [6.45, 7) is 4.62. The Morgan fingerprint density at radius 1 is 1.15 bits per heavy atom. The number of benzene rings is 2. The molecule has 4 nitrogen and oxygen atoms in total. The smallest absolute Gasteiger partial charge is 0.221 e. The summed E-state index contributed by atoms with van der Waals surface area (Å²) in [7, 11) is 0. The van der Waals surface area contributed by atoms with Gasteiger partial charge in [-0.05, 0) is 43.2 Å². The molecule has 0 bridgehead atoms. The standard InChI is InChI=1S/C21H23Cl2N3O/c1-3-14(2)24-21(27)11-12-26-19-10-5-4-9-18(19)25-20(26)13-15-16(22)7-6-8-17(15)23/h4-10,14H,3,11-13H2,1-2H3,(H,24,27). The quantitative estimate of drug-likeness (QED) is 0.586. The fourth-order valence-corrected chi connectivity index (χ4v) is 3.56. The number of carbonyl (C=O) groups is 1. The maximum Gasteiger partial charge on any atom is 0.221 e. The molecular weight excluding hydrogens is 381 g/mol. The molecular formula is C21H23Cl2N3O. The molecule has 1 heterocycles. The van der Waals surface area contributed by atoms with Gasteiger partial charge in [0, 0.05) is 35.5 Å². The molecule has 0 saturated carbocycles. The van der Waals surface area contributed by atoms with E-state index in [1.807, 2.05) is 49.4 Å². The predicted molar refractivity (Wildman–Crippen MR) is 112 cm³/mol. The van der Waals surface area contributed by atoms with Crippen LogP contribution in [0, 0.1) is 0 Å². The van der Waals surface area contributed by atoms with Crippen molar-refractivity contribution < 1.29 is 4.79 Å². The molecule has 142 valence electrons. The molecule has 0 aliphatic heterocycles. The Morgan fingerprint density at radius 3 is 2.56 bits per heavy atom. The van der Waals surface area contributed by atoms with Crippen molar-refractivity contribution >= 4 is 40.1 Å². The summed E-state index contributed by atoms with van der Waals surface area (Å²) >= 11 is 12.7. The Morgan fingerprint density at radius 2 is 1.85 bits per heavy atom. The van der Waals surface area contributed by atoms with Crippen LogP contribution in [0.1, 0.15) is 38.1 Å². The van der Waals surface area contributed by atoms with Gasteiger partial charge in [-0.3, -0.25) is 4.79 Å². The normalized spacial score (nSPS) is 12.3. The summed E-state index contributed by atoms with van der Waals surface area (Å²) in [6, 6.07) is 13.6. The molecule has 1 atom stereocenters. The Hall–Kier alpha value is -2.04. The highest BCUT2D eigenvalue weighted by molar-refractivity contribution is 6.36. The van der Waals surface area contributed by atoms with Crippen molar-refractivity contribution in [3.63, 3.8) is 0 Å². The van der Waals surface area contributed by atoms with Crippen LogP contribution in [0.2, 0.25) is 10.0 Å². The molecule has 0 aliphatic carbocycles. The molecule has 0 spiro atoms. The summed E-state index contributed by atoms with van der Waals surface area (Å²) < 4.78 is 2.09. The Kier molecular flexibility index (Phi) is 6.40. The summed E-state index contributed by atoms with van der Waals surface area (Å²) in [5.41, 5.74) is 2.76. The third-order valence-corrected chi connectivity index (χ3v) is 5.42. The molecule has 1 N–H and O–H groups in total. The highest BCUT2D eigenvalue weighted by atomic mass is 35.5. The highest BCUT2D eigenvalue weighted by Crippen LogP contribution is 2.28. The molecule has 0 fully saturated rings. The molecule has 0 radical (unpaired) electrons. The lowest BCUT2D eigenvalue weighted by Crippen LogP contribution is -2.32. The zero-order chi connectivity index (χ0) is 19.4. The number of nitrogens with zero attached hydrogens (tertiary/aromatic N) is 2. The monoisotopic (exact) mass is 403 g/mol. The van der Waals surface area contributed by atoms with Crippen molar-refractivity contribution in [2.45, 2.75) is 45.7 Å². The lowest BCUT2D eigenvalue weighted by atomic mass is 10.1. The van der Waals surface area contributed by atoms with Crippen molar-refractivity contribution in [2.24, 2.45) is 0 Å². The lowest BCUT2D eigenvalue weighted by molar-refractivity contribution is -0.121. The summed E-state index contributed by atoms with van der Waals surface area (Å²) in [5, 5.41) is 4.25. The van der Waals surface area contributed by atoms with Gasteiger partial charge in [0.25, 0.3) is 0 Å². The molecule has 1 amide bonds. The number of aryl methyl sites for hydroxylation is 1. The van der Waals surface area contributed by atoms with E-state index in [4.69, 9.17) is 28.2 Å². The van der Waals surface area contributed by atoms with Crippen molar-refractivity contribution in [3.8, 4) is 0 Å². The Bertz CT molecular complexity index is 931. The van der Waals surface area contributed by atoms with E-state index in [9.17, 15) is 4.79 Å². The minimum atomic E-state index is 0.0452. The Labute approximate surface area is 169 Å². The first-order valence-electron chi connectivity index (χ1n) is 9.16. The predicted octanol–water partition coefficient (Wildman–Crippen LogP) is 5.24. The van der Waals surface area contributed by atoms with Crippen LogP contribution in [0.3, 0.4) is 0 Å². The highest BCUT2D eigenvalue weighted by Gasteiger charge is 2.15. The van der Waals surface area contributed by atoms with Crippen LogP contribution < -0.4 is 5.32 Å². The minimum Gasteiger partial charge on any atom is -0.354 e. The molecule has 0 aliphatic rings. The third-order valence-electron chi connectivity index (χ3n) is 4.71. The van der Waals surface area contributed by atoms with Crippen molar-refractivity contribution in [1.29, 1.82) is 0 Å². The zero-order valence-corrected chi connectivity index (χ0v) is 17.0. The van der Waals surface area contributed by atoms with Gasteiger partial charge in [-0.25, -0.2) is 4.98 Å². The van der Waals surface area contributed by atoms with Crippen molar-refractivity contribution in [3.05, 3.63) is 63.9 Å². The van der Waals surface area contributed by atoms with Gasteiger partial charge in [0.05, 0.1) is 11.0 Å². The number of hydrogen-bond acceptors (Lipinski definition) is 2. The second-order valence-corrected chi connectivity index (χ2v) is 7.49. The molecule has 1 aromatic heterocycles. The number of hydrogen-bond donors (Lipinski definition) is 1. The molecule has 0 saturated heterocycles. The van der Waals surface area contributed by atoms with Crippen LogP contribution >= 0.6 is 23.2 Å². The van der Waals surface area contributed by atoms with E-state index in [1.54, 1.807) is 0 Å². The molecule has 3 aromatic rings. The molecule has 3 rings (SSSR count). The number of fused-ring (bicyclic) bond motifs is 1. The van der Waals surface area contributed by atoms with Crippen molar-refractivity contribution in [2.75, 3.05) is 0 Å².